The number of nitrogens with one attached hydrogen (secondary N) is 7. The van der Waals surface area contributed by atoms with Crippen molar-refractivity contribution in [3.05, 3.63) is 132 Å². The van der Waals surface area contributed by atoms with E-state index in [1.807, 2.05) is 30.3 Å². The average Bonchev–Trinajstić information content (AvgIpc) is 3.86. The van der Waals surface area contributed by atoms with E-state index in [0.717, 1.165) is 0 Å². The first-order valence-electron chi connectivity index (χ1n) is 26.1. The second-order valence-corrected chi connectivity index (χ2v) is 19.5. The Labute approximate surface area is 465 Å². The van der Waals surface area contributed by atoms with Crippen molar-refractivity contribution in [2.45, 2.75) is 95.2 Å². The second-order valence-electron chi connectivity index (χ2n) is 19.5. The van der Waals surface area contributed by atoms with E-state index in [0.29, 0.717) is 33.3 Å². The molecule has 0 aliphatic rings. The number of aliphatic hydroxyl groups is 1. The van der Waals surface area contributed by atoms with Crippen LogP contribution in [0.5, 0.6) is 11.5 Å². The lowest BCUT2D eigenvalue weighted by atomic mass is 9.99. The molecule has 6 rings (SSSR count). The number of hydrogen-bond donors (Lipinski definition) is 13. The molecule has 25 nitrogen and oxygen atoms in total. The number of fused-ring (bicyclic) bond motifs is 1. The fraction of sp³-hybridized carbons (Fsp3) is 0.339. The van der Waals surface area contributed by atoms with Gasteiger partial charge in [0.05, 0.1) is 18.5 Å². The van der Waals surface area contributed by atoms with Gasteiger partial charge in [-0.1, -0.05) is 98.8 Å². The highest BCUT2D eigenvalue weighted by molar-refractivity contribution is 6.00. The minimum Gasteiger partial charge on any atom is -0.508 e. The number of phenols is 2. The summed E-state index contributed by atoms with van der Waals surface area (Å²) in [6.07, 6.45) is 1.20. The number of nitrogens with zero attached hydrogens (tertiary/aromatic N) is 4. The van der Waals surface area contributed by atoms with Crippen molar-refractivity contribution in [3.8, 4) is 22.8 Å². The summed E-state index contributed by atoms with van der Waals surface area (Å²) in [5, 5.41) is 62.8. The van der Waals surface area contributed by atoms with Crippen LogP contribution in [0.3, 0.4) is 0 Å². The van der Waals surface area contributed by atoms with E-state index in [1.165, 1.54) is 47.4 Å². The predicted molar refractivity (Wildman–Crippen MR) is 296 cm³/mol. The zero-order valence-electron chi connectivity index (χ0n) is 44.6. The Kier molecular flexibility index (Phi) is 22.1. The fourth-order valence-corrected chi connectivity index (χ4v) is 8.63. The van der Waals surface area contributed by atoms with Crippen molar-refractivity contribution in [2.24, 2.45) is 11.7 Å². The third-order valence-electron chi connectivity index (χ3n) is 12.8. The lowest BCUT2D eigenvalue weighted by molar-refractivity contribution is -0.142. The molecule has 0 radical (unpaired) electrons. The number of phenolic OH excluding ortho intramolecular Hbond substituents is 2. The summed E-state index contributed by atoms with van der Waals surface area (Å²) in [5.41, 5.74) is 14.8. The first-order valence-corrected chi connectivity index (χ1v) is 26.1. The van der Waals surface area contributed by atoms with E-state index in [9.17, 15) is 58.8 Å². The molecule has 0 saturated carbocycles. The van der Waals surface area contributed by atoms with Gasteiger partial charge in [0.25, 0.3) is 0 Å². The molecule has 0 unspecified atom stereocenters. The quantitative estimate of drug-likeness (QED) is 0.0296. The number of hydrogen-bond acceptors (Lipinski definition) is 16. The number of nitrogens with two attached hydrogens (primary N) is 2. The lowest BCUT2D eigenvalue weighted by Crippen LogP contribution is -2.59. The molecule has 0 bridgehead atoms. The van der Waals surface area contributed by atoms with Gasteiger partial charge in [0.2, 0.25) is 41.4 Å². The minimum atomic E-state index is -1.66. The van der Waals surface area contributed by atoms with Gasteiger partial charge in [-0.15, -0.1) is 0 Å². The van der Waals surface area contributed by atoms with Gasteiger partial charge in [0.15, 0.2) is 5.65 Å². The first kappa shape index (κ1) is 60.7. The van der Waals surface area contributed by atoms with Gasteiger partial charge >= 0.3 is 5.97 Å². The van der Waals surface area contributed by atoms with Crippen molar-refractivity contribution in [1.82, 2.24) is 57.0 Å². The van der Waals surface area contributed by atoms with Gasteiger partial charge in [-0.25, -0.2) is 19.4 Å². The first-order chi connectivity index (χ1) is 38.8. The Morgan fingerprint density at radius 3 is 1.60 bits per heavy atom. The van der Waals surface area contributed by atoms with Crippen molar-refractivity contribution in [1.29, 1.82) is 0 Å². The molecule has 0 aliphatic carbocycles. The SMILES string of the molecule is CC(C)C[C@H](NC(=O)[C@H](Cc1ccc(O)cc1)NC(=O)Cn1nc(-c2ccccc2)c2c(N)ncnc21)C(=O)N[C@@H](Cc1ccc(O)cc1)C(=O)NCC(=O)N[C@@H](CO)C(=O)N[C@@H](Cc1ccccc1)C(=O)N[C@@H](CCCN)C(=O)O. The van der Waals surface area contributed by atoms with Crippen molar-refractivity contribution in [3.63, 3.8) is 0 Å². The molecule has 2 aromatic heterocycles. The maximum atomic E-state index is 14.4. The van der Waals surface area contributed by atoms with Gasteiger partial charge in [0.1, 0.15) is 72.1 Å². The van der Waals surface area contributed by atoms with Gasteiger partial charge in [-0.2, -0.15) is 5.10 Å². The van der Waals surface area contributed by atoms with Crippen LogP contribution in [-0.2, 0) is 64.2 Å². The molecule has 0 aliphatic heterocycles. The number of carboxylic acid groups (broad SMARTS) is 1. The van der Waals surface area contributed by atoms with Crippen LogP contribution in [0.4, 0.5) is 5.82 Å². The van der Waals surface area contributed by atoms with E-state index in [2.05, 4.69) is 52.3 Å². The van der Waals surface area contributed by atoms with E-state index in [-0.39, 0.29) is 74.0 Å². The number of rotatable bonds is 29. The van der Waals surface area contributed by atoms with Crippen molar-refractivity contribution >= 4 is 64.2 Å². The largest absolute Gasteiger partial charge is 0.508 e. The number of anilines is 1. The standard InChI is InChI=1S/C56H67N13O12/c1-32(2)24-40(65-53(77)42(27-35-17-21-38(72)22-18-35)62-46(74)29-69-50-47(49(58)60-31-61-50)48(68-69)36-12-7-4-8-13-36)52(76)66-41(26-34-15-19-37(71)20-16-34)51(75)59-28-45(73)63-44(30-70)55(79)67-43(25-33-10-5-3-6-11-33)54(78)64-39(56(80)81)14-9-23-57/h3-8,10-13,15-22,31-32,39-44,70-72H,9,14,23-30,57H2,1-2H3,(H,59,75)(H,62,74)(H,63,73)(H,64,78)(H,65,77)(H,66,76)(H,67,79)(H,80,81)(H2,58,60,61)/t39-,40-,41-,42-,43-,44-/m0/s1. The van der Waals surface area contributed by atoms with Crippen LogP contribution in [0.15, 0.2) is 116 Å². The van der Waals surface area contributed by atoms with E-state index < -0.39 is 103 Å². The number of nitrogen functional groups attached to an aromatic ring is 1. The summed E-state index contributed by atoms with van der Waals surface area (Å²) in [7, 11) is 0. The second kappa shape index (κ2) is 29.5. The monoisotopic (exact) mass is 1110 g/mol. The number of aromatic nitrogens is 4. The highest BCUT2D eigenvalue weighted by Gasteiger charge is 2.33. The molecular weight excluding hydrogens is 1050 g/mol. The molecule has 4 aromatic carbocycles. The van der Waals surface area contributed by atoms with Gasteiger partial charge in [-0.3, -0.25) is 33.6 Å². The Balaban J connectivity index is 1.16. The van der Waals surface area contributed by atoms with Gasteiger partial charge < -0.3 is 69.1 Å². The molecule has 6 atom stereocenters. The van der Waals surface area contributed by atoms with Crippen molar-refractivity contribution < 1.29 is 58.8 Å². The number of amides is 7. The summed E-state index contributed by atoms with van der Waals surface area (Å²) >= 11 is 0. The summed E-state index contributed by atoms with van der Waals surface area (Å²) in [5.74, 6) is -7.49. The van der Waals surface area contributed by atoms with Gasteiger partial charge in [-0.05, 0) is 72.7 Å². The van der Waals surface area contributed by atoms with Crippen LogP contribution in [0.25, 0.3) is 22.3 Å². The number of aliphatic hydroxyl groups excluding tert-OH is 1. The highest BCUT2D eigenvalue weighted by atomic mass is 16.4. The number of carbonyl (C=O) groups excluding carboxylic acids is 7. The molecule has 25 heteroatoms. The van der Waals surface area contributed by atoms with Crippen LogP contribution >= 0.6 is 0 Å². The van der Waals surface area contributed by atoms with E-state index in [4.69, 9.17) is 11.5 Å². The summed E-state index contributed by atoms with van der Waals surface area (Å²) in [6.45, 7) is 1.61. The van der Waals surface area contributed by atoms with Crippen LogP contribution in [0, 0.1) is 5.92 Å². The number of aliphatic carboxylic acids is 1. The third-order valence-corrected chi connectivity index (χ3v) is 12.8. The Hall–Kier alpha value is -9.49. The van der Waals surface area contributed by atoms with Crippen molar-refractivity contribution in [2.75, 3.05) is 25.4 Å². The molecule has 0 saturated heterocycles. The predicted octanol–water partition coefficient (Wildman–Crippen LogP) is 0.102. The van der Waals surface area contributed by atoms with Crippen LogP contribution in [0.2, 0.25) is 0 Å². The molecule has 0 fully saturated rings. The summed E-state index contributed by atoms with van der Waals surface area (Å²) in [6, 6.07) is 20.9. The van der Waals surface area contributed by atoms with Crippen LogP contribution in [-0.4, -0.2) is 143 Å². The Morgan fingerprint density at radius 2 is 1.06 bits per heavy atom. The molecule has 2 heterocycles. The Morgan fingerprint density at radius 1 is 0.580 bits per heavy atom. The molecule has 15 N–H and O–H groups in total. The molecule has 428 valence electrons. The highest BCUT2D eigenvalue weighted by Crippen LogP contribution is 2.30. The smallest absolute Gasteiger partial charge is 0.326 e. The normalized spacial score (nSPS) is 13.3. The number of aromatic hydroxyl groups is 2. The zero-order valence-corrected chi connectivity index (χ0v) is 44.6. The average molecular weight is 1110 g/mol. The van der Waals surface area contributed by atoms with Crippen LogP contribution in [0.1, 0.15) is 49.8 Å². The molecular formula is C56H67N13O12. The number of carboxylic acids is 1. The third kappa shape index (κ3) is 18.0. The molecule has 6 aromatic rings. The molecule has 81 heavy (non-hydrogen) atoms. The van der Waals surface area contributed by atoms with Crippen LogP contribution < -0.4 is 48.7 Å². The van der Waals surface area contributed by atoms with E-state index >= 15 is 0 Å². The topological polar surface area (TPSA) is 397 Å². The number of carbonyl (C=O) groups is 8. The van der Waals surface area contributed by atoms with Gasteiger partial charge in [0, 0.05) is 24.8 Å². The maximum Gasteiger partial charge on any atom is 0.326 e. The number of benzene rings is 4. The molecule has 7 amide bonds. The lowest BCUT2D eigenvalue weighted by Gasteiger charge is -2.26. The van der Waals surface area contributed by atoms with E-state index in [1.54, 1.807) is 56.3 Å². The minimum absolute atomic E-state index is 0.0157. The Bertz CT molecular complexity index is 3130. The summed E-state index contributed by atoms with van der Waals surface area (Å²) in [4.78, 5) is 118. The molecule has 0 spiro atoms. The zero-order chi connectivity index (χ0) is 58.6. The summed E-state index contributed by atoms with van der Waals surface area (Å²) < 4.78 is 1.33. The fourth-order valence-electron chi connectivity index (χ4n) is 8.63. The maximum absolute atomic E-state index is 14.4.